The zero-order valence-electron chi connectivity index (χ0n) is 9.24. The third-order valence-corrected chi connectivity index (χ3v) is 2.38. The minimum absolute atomic E-state index is 0.0127. The van der Waals surface area contributed by atoms with E-state index >= 15 is 0 Å². The normalized spacial score (nSPS) is 10.3. The summed E-state index contributed by atoms with van der Waals surface area (Å²) < 4.78 is 1.72. The predicted molar refractivity (Wildman–Crippen MR) is 55.2 cm³/mol. The first kappa shape index (κ1) is 10.8. The first-order chi connectivity index (χ1) is 6.60. The van der Waals surface area contributed by atoms with Crippen LogP contribution in [0.4, 0.5) is 0 Å². The van der Waals surface area contributed by atoms with Crippen LogP contribution in [0.25, 0.3) is 0 Å². The number of nitrogens with zero attached hydrogens (tertiary/aromatic N) is 3. The Kier molecular flexibility index (Phi) is 3.28. The van der Waals surface area contributed by atoms with Gasteiger partial charge in [-0.15, -0.1) is 0 Å². The van der Waals surface area contributed by atoms with Gasteiger partial charge in [-0.2, -0.15) is 5.10 Å². The number of carbonyl (C=O) groups excluding carboxylic acids is 1. The summed E-state index contributed by atoms with van der Waals surface area (Å²) in [6.07, 6.45) is 0. The molecule has 0 unspecified atom stereocenters. The molecule has 14 heavy (non-hydrogen) atoms. The van der Waals surface area contributed by atoms with Gasteiger partial charge in [0.1, 0.15) is 0 Å². The first-order valence-corrected chi connectivity index (χ1v) is 4.90. The Bertz CT molecular complexity index is 307. The van der Waals surface area contributed by atoms with Crippen molar-refractivity contribution in [1.82, 2.24) is 14.7 Å². The van der Waals surface area contributed by atoms with Gasteiger partial charge < -0.3 is 4.90 Å². The number of hydrogen-bond acceptors (Lipinski definition) is 2. The van der Waals surface area contributed by atoms with Gasteiger partial charge in [0, 0.05) is 25.8 Å². The van der Waals surface area contributed by atoms with Gasteiger partial charge in [0.15, 0.2) is 5.69 Å². The standard InChI is InChI=1S/C10H17N3O/c1-5-13(6-2)10(14)9-7-8(3)12(4)11-9/h7H,5-6H2,1-4H3. The smallest absolute Gasteiger partial charge is 0.274 e. The lowest BCUT2D eigenvalue weighted by molar-refractivity contribution is 0.0766. The molecule has 0 spiro atoms. The molecule has 0 saturated carbocycles. The predicted octanol–water partition coefficient (Wildman–Crippen LogP) is 1.21. The van der Waals surface area contributed by atoms with Crippen molar-refractivity contribution < 1.29 is 4.79 Å². The molecule has 1 amide bonds. The molecule has 4 heteroatoms. The van der Waals surface area contributed by atoms with Crippen molar-refractivity contribution in [3.05, 3.63) is 17.5 Å². The Hall–Kier alpha value is -1.32. The average molecular weight is 195 g/mol. The van der Waals surface area contributed by atoms with Crippen molar-refractivity contribution >= 4 is 5.91 Å². The fraction of sp³-hybridized carbons (Fsp3) is 0.600. The molecule has 1 aromatic heterocycles. The molecular formula is C10H17N3O. The minimum atomic E-state index is 0.0127. The fourth-order valence-electron chi connectivity index (χ4n) is 1.34. The lowest BCUT2D eigenvalue weighted by Gasteiger charge is -2.16. The van der Waals surface area contributed by atoms with Gasteiger partial charge >= 0.3 is 0 Å². The number of aromatic nitrogens is 2. The molecule has 1 aromatic rings. The molecule has 0 saturated heterocycles. The van der Waals surface area contributed by atoms with Crippen molar-refractivity contribution in [3.8, 4) is 0 Å². The molecule has 0 N–H and O–H groups in total. The molecule has 4 nitrogen and oxygen atoms in total. The van der Waals surface area contributed by atoms with Crippen LogP contribution in [0.5, 0.6) is 0 Å². The van der Waals surface area contributed by atoms with E-state index in [1.165, 1.54) is 0 Å². The van der Waals surface area contributed by atoms with E-state index in [9.17, 15) is 4.79 Å². The molecule has 1 rings (SSSR count). The van der Waals surface area contributed by atoms with Gasteiger partial charge in [-0.25, -0.2) is 0 Å². The van der Waals surface area contributed by atoms with Crippen LogP contribution in [-0.2, 0) is 7.05 Å². The molecule has 0 bridgehead atoms. The number of rotatable bonds is 3. The molecule has 0 aromatic carbocycles. The zero-order valence-corrected chi connectivity index (χ0v) is 9.24. The van der Waals surface area contributed by atoms with Crippen molar-refractivity contribution in [2.24, 2.45) is 7.05 Å². The Balaban J connectivity index is 2.88. The lowest BCUT2D eigenvalue weighted by Crippen LogP contribution is -2.30. The molecule has 1 heterocycles. The Morgan fingerprint density at radius 3 is 2.43 bits per heavy atom. The largest absolute Gasteiger partial charge is 0.338 e. The lowest BCUT2D eigenvalue weighted by atomic mass is 10.3. The summed E-state index contributed by atoms with van der Waals surface area (Å²) in [5.74, 6) is 0.0127. The van der Waals surface area contributed by atoms with E-state index in [1.54, 1.807) is 9.58 Å². The second-order valence-electron chi connectivity index (χ2n) is 3.27. The monoisotopic (exact) mass is 195 g/mol. The van der Waals surface area contributed by atoms with Crippen LogP contribution in [0.15, 0.2) is 6.07 Å². The second-order valence-corrected chi connectivity index (χ2v) is 3.27. The third kappa shape index (κ3) is 1.95. The number of aryl methyl sites for hydroxylation is 2. The molecule has 78 valence electrons. The van der Waals surface area contributed by atoms with Gasteiger partial charge in [-0.1, -0.05) is 0 Å². The molecular weight excluding hydrogens is 178 g/mol. The molecule has 0 aliphatic carbocycles. The molecule has 0 fully saturated rings. The quantitative estimate of drug-likeness (QED) is 0.727. The summed E-state index contributed by atoms with van der Waals surface area (Å²) in [5.41, 5.74) is 1.54. The highest BCUT2D eigenvalue weighted by Gasteiger charge is 2.15. The van der Waals surface area contributed by atoms with Gasteiger partial charge in [-0.05, 0) is 26.8 Å². The Morgan fingerprint density at radius 2 is 2.07 bits per heavy atom. The first-order valence-electron chi connectivity index (χ1n) is 4.90. The highest BCUT2D eigenvalue weighted by atomic mass is 16.2. The van der Waals surface area contributed by atoms with Crippen molar-refractivity contribution in [2.75, 3.05) is 13.1 Å². The third-order valence-electron chi connectivity index (χ3n) is 2.38. The maximum absolute atomic E-state index is 11.8. The van der Waals surface area contributed by atoms with E-state index in [1.807, 2.05) is 33.9 Å². The highest BCUT2D eigenvalue weighted by Crippen LogP contribution is 2.05. The maximum Gasteiger partial charge on any atom is 0.274 e. The number of amides is 1. The van der Waals surface area contributed by atoms with Crippen molar-refractivity contribution in [1.29, 1.82) is 0 Å². The number of carbonyl (C=O) groups is 1. The van der Waals surface area contributed by atoms with E-state index < -0.39 is 0 Å². The van der Waals surface area contributed by atoms with E-state index in [-0.39, 0.29) is 5.91 Å². The molecule has 0 aliphatic rings. The van der Waals surface area contributed by atoms with Gasteiger partial charge in [0.25, 0.3) is 5.91 Å². The van der Waals surface area contributed by atoms with Gasteiger partial charge in [-0.3, -0.25) is 9.48 Å². The zero-order chi connectivity index (χ0) is 10.7. The summed E-state index contributed by atoms with van der Waals surface area (Å²) in [6.45, 7) is 7.33. The van der Waals surface area contributed by atoms with Crippen LogP contribution in [0.3, 0.4) is 0 Å². The molecule has 0 aliphatic heterocycles. The van der Waals surface area contributed by atoms with Gasteiger partial charge in [0.05, 0.1) is 0 Å². The molecule has 0 atom stereocenters. The highest BCUT2D eigenvalue weighted by molar-refractivity contribution is 5.92. The summed E-state index contributed by atoms with van der Waals surface area (Å²) in [4.78, 5) is 13.6. The summed E-state index contributed by atoms with van der Waals surface area (Å²) in [7, 11) is 1.84. The Morgan fingerprint density at radius 1 is 1.50 bits per heavy atom. The van der Waals surface area contributed by atoms with Crippen molar-refractivity contribution in [3.63, 3.8) is 0 Å². The minimum Gasteiger partial charge on any atom is -0.338 e. The average Bonchev–Trinajstić information content (AvgIpc) is 2.49. The van der Waals surface area contributed by atoms with Crippen LogP contribution in [0, 0.1) is 6.92 Å². The van der Waals surface area contributed by atoms with E-state index in [4.69, 9.17) is 0 Å². The van der Waals surface area contributed by atoms with Gasteiger partial charge in [0.2, 0.25) is 0 Å². The maximum atomic E-state index is 11.8. The SMILES string of the molecule is CCN(CC)C(=O)c1cc(C)n(C)n1. The molecule has 0 radical (unpaired) electrons. The van der Waals surface area contributed by atoms with Crippen molar-refractivity contribution in [2.45, 2.75) is 20.8 Å². The van der Waals surface area contributed by atoms with E-state index in [0.29, 0.717) is 5.69 Å². The topological polar surface area (TPSA) is 38.1 Å². The summed E-state index contributed by atoms with van der Waals surface area (Å²) >= 11 is 0. The van der Waals surface area contributed by atoms with Crippen LogP contribution in [0.1, 0.15) is 30.0 Å². The van der Waals surface area contributed by atoms with Crippen LogP contribution >= 0.6 is 0 Å². The van der Waals surface area contributed by atoms with E-state index in [2.05, 4.69) is 5.10 Å². The van der Waals surface area contributed by atoms with Crippen LogP contribution < -0.4 is 0 Å². The van der Waals surface area contributed by atoms with Crippen LogP contribution in [0.2, 0.25) is 0 Å². The fourth-order valence-corrected chi connectivity index (χ4v) is 1.34. The van der Waals surface area contributed by atoms with E-state index in [0.717, 1.165) is 18.8 Å². The summed E-state index contributed by atoms with van der Waals surface area (Å²) in [6, 6.07) is 1.82. The Labute approximate surface area is 84.5 Å². The summed E-state index contributed by atoms with van der Waals surface area (Å²) in [5, 5.41) is 4.15. The van der Waals surface area contributed by atoms with Crippen LogP contribution in [-0.4, -0.2) is 33.7 Å². The second kappa shape index (κ2) is 4.26. The number of hydrogen-bond donors (Lipinski definition) is 0.